The number of carbonyl (C=O) groups is 1. The normalized spacial score (nSPS) is 13.0. The zero-order valence-electron chi connectivity index (χ0n) is 14.9. The number of thioether (sulfide) groups is 1. The van der Waals surface area contributed by atoms with Gasteiger partial charge in [-0.3, -0.25) is 0 Å². The van der Waals surface area contributed by atoms with Crippen LogP contribution in [0.2, 0.25) is 0 Å². The van der Waals surface area contributed by atoms with Crippen molar-refractivity contribution in [1.82, 2.24) is 0 Å². The first-order chi connectivity index (χ1) is 12.6. The molecule has 0 unspecified atom stereocenters. The molecule has 1 aromatic heterocycles. The van der Waals surface area contributed by atoms with Crippen LogP contribution in [-0.4, -0.2) is 23.4 Å². The molecule has 1 aliphatic rings. The number of esters is 1. The summed E-state index contributed by atoms with van der Waals surface area (Å²) < 4.78 is 5.28. The third-order valence-electron chi connectivity index (χ3n) is 4.12. The van der Waals surface area contributed by atoms with Gasteiger partial charge in [-0.2, -0.15) is 11.8 Å². The molecule has 0 bridgehead atoms. The Balaban J connectivity index is 1.80. The fraction of sp³-hybridized carbons (Fsp3) is 0.368. The number of thiophene rings is 1. The Morgan fingerprint density at radius 2 is 2.15 bits per heavy atom. The van der Waals surface area contributed by atoms with Crippen molar-refractivity contribution in [1.29, 1.82) is 0 Å². The van der Waals surface area contributed by atoms with E-state index in [4.69, 9.17) is 17.0 Å². The van der Waals surface area contributed by atoms with Crippen molar-refractivity contribution in [3.05, 3.63) is 45.8 Å². The van der Waals surface area contributed by atoms with Gasteiger partial charge in [-0.1, -0.05) is 19.1 Å². The van der Waals surface area contributed by atoms with Gasteiger partial charge in [0.05, 0.1) is 12.2 Å². The maximum Gasteiger partial charge on any atom is 0.341 e. The van der Waals surface area contributed by atoms with Crippen molar-refractivity contribution in [2.75, 3.05) is 23.0 Å². The fourth-order valence-corrected chi connectivity index (χ4v) is 5.53. The van der Waals surface area contributed by atoms with Crippen LogP contribution in [0.1, 0.15) is 40.2 Å². The van der Waals surface area contributed by atoms with Gasteiger partial charge in [-0.15, -0.1) is 11.3 Å². The van der Waals surface area contributed by atoms with E-state index in [1.807, 2.05) is 30.8 Å². The molecular weight excluding hydrogens is 384 g/mol. The Labute approximate surface area is 167 Å². The number of benzene rings is 1. The summed E-state index contributed by atoms with van der Waals surface area (Å²) in [6.07, 6.45) is 1.86. The van der Waals surface area contributed by atoms with E-state index in [1.54, 1.807) is 11.3 Å². The summed E-state index contributed by atoms with van der Waals surface area (Å²) in [6, 6.07) is 8.16. The molecule has 0 saturated carbocycles. The molecule has 0 atom stereocenters. The lowest BCUT2D eigenvalue weighted by molar-refractivity contribution is 0.0527. The van der Waals surface area contributed by atoms with Gasteiger partial charge in [0.25, 0.3) is 0 Å². The summed E-state index contributed by atoms with van der Waals surface area (Å²) in [4.78, 5) is 13.7. The van der Waals surface area contributed by atoms with Gasteiger partial charge in [-0.25, -0.2) is 4.79 Å². The number of aryl methyl sites for hydroxylation is 1. The van der Waals surface area contributed by atoms with E-state index in [0.717, 1.165) is 40.6 Å². The highest BCUT2D eigenvalue weighted by Crippen LogP contribution is 2.39. The van der Waals surface area contributed by atoms with Crippen LogP contribution in [-0.2, 0) is 23.3 Å². The largest absolute Gasteiger partial charge is 0.462 e. The zero-order valence-corrected chi connectivity index (χ0v) is 17.3. The molecule has 138 valence electrons. The van der Waals surface area contributed by atoms with Crippen LogP contribution in [0.5, 0.6) is 0 Å². The summed E-state index contributed by atoms with van der Waals surface area (Å²) in [5.74, 6) is 1.70. The average Bonchev–Trinajstić information content (AvgIpc) is 2.99. The van der Waals surface area contributed by atoms with Crippen molar-refractivity contribution in [2.24, 2.45) is 0 Å². The summed E-state index contributed by atoms with van der Waals surface area (Å²) in [5, 5.41) is 7.69. The quantitative estimate of drug-likeness (QED) is 0.533. The first-order valence-corrected chi connectivity index (χ1v) is 11.1. The topological polar surface area (TPSA) is 50.4 Å². The number of anilines is 2. The number of hydrogen-bond acceptors (Lipinski definition) is 5. The molecule has 0 spiro atoms. The number of thiocarbonyl (C=S) groups is 1. The van der Waals surface area contributed by atoms with Gasteiger partial charge in [0.15, 0.2) is 5.11 Å². The van der Waals surface area contributed by atoms with Crippen molar-refractivity contribution < 1.29 is 9.53 Å². The molecule has 0 saturated heterocycles. The number of nitrogens with one attached hydrogen (secondary N) is 2. The second kappa shape index (κ2) is 8.88. The molecule has 2 heterocycles. The fourth-order valence-electron chi connectivity index (χ4n) is 2.87. The Hall–Kier alpha value is -1.57. The van der Waals surface area contributed by atoms with Crippen LogP contribution in [0.4, 0.5) is 10.7 Å². The monoisotopic (exact) mass is 406 g/mol. The lowest BCUT2D eigenvalue weighted by atomic mass is 10.1. The molecule has 7 heteroatoms. The molecule has 3 rings (SSSR count). The highest BCUT2D eigenvalue weighted by atomic mass is 32.2. The molecule has 0 fully saturated rings. The Bertz CT molecular complexity index is 817. The molecule has 26 heavy (non-hydrogen) atoms. The molecule has 4 nitrogen and oxygen atoms in total. The minimum atomic E-state index is -0.268. The van der Waals surface area contributed by atoms with Crippen molar-refractivity contribution >= 4 is 57.1 Å². The van der Waals surface area contributed by atoms with Crippen LogP contribution in [0, 0.1) is 0 Å². The second-order valence-corrected chi connectivity index (χ2v) is 8.48. The number of fused-ring (bicyclic) bond motifs is 1. The van der Waals surface area contributed by atoms with Crippen LogP contribution < -0.4 is 10.6 Å². The predicted octanol–water partition coefficient (Wildman–Crippen LogP) is 5.09. The van der Waals surface area contributed by atoms with E-state index in [0.29, 0.717) is 17.3 Å². The minimum absolute atomic E-state index is 0.268. The number of carbonyl (C=O) groups excluding carboxylic acids is 1. The van der Waals surface area contributed by atoms with Crippen LogP contribution in [0.3, 0.4) is 0 Å². The number of rotatable bonds is 5. The van der Waals surface area contributed by atoms with Crippen LogP contribution in [0.15, 0.2) is 24.3 Å². The molecule has 2 N–H and O–H groups in total. The second-order valence-electron chi connectivity index (χ2n) is 5.86. The van der Waals surface area contributed by atoms with Crippen LogP contribution in [0.25, 0.3) is 0 Å². The molecular formula is C19H22N2O2S3. The molecule has 2 aromatic rings. The van der Waals surface area contributed by atoms with Gasteiger partial charge < -0.3 is 15.4 Å². The maximum absolute atomic E-state index is 12.5. The summed E-state index contributed by atoms with van der Waals surface area (Å²) >= 11 is 8.97. The van der Waals surface area contributed by atoms with Gasteiger partial charge in [-0.05, 0) is 61.0 Å². The first kappa shape index (κ1) is 19.2. The van der Waals surface area contributed by atoms with E-state index in [2.05, 4.69) is 29.7 Å². The third-order valence-corrected chi connectivity index (χ3v) is 6.64. The van der Waals surface area contributed by atoms with Crippen molar-refractivity contribution in [3.8, 4) is 0 Å². The lowest BCUT2D eigenvalue weighted by Gasteiger charge is -2.13. The summed E-state index contributed by atoms with van der Waals surface area (Å²) in [7, 11) is 0. The van der Waals surface area contributed by atoms with Crippen LogP contribution >= 0.6 is 35.3 Å². The highest BCUT2D eigenvalue weighted by Gasteiger charge is 2.27. The molecule has 0 radical (unpaired) electrons. The van der Waals surface area contributed by atoms with E-state index in [-0.39, 0.29) is 5.97 Å². The maximum atomic E-state index is 12.5. The smallest absolute Gasteiger partial charge is 0.341 e. The van der Waals surface area contributed by atoms with E-state index < -0.39 is 0 Å². The van der Waals surface area contributed by atoms with Gasteiger partial charge in [0, 0.05) is 16.3 Å². The highest BCUT2D eigenvalue weighted by molar-refractivity contribution is 7.98. The van der Waals surface area contributed by atoms with Gasteiger partial charge >= 0.3 is 5.97 Å². The summed E-state index contributed by atoms with van der Waals surface area (Å²) in [6.45, 7) is 4.31. The van der Waals surface area contributed by atoms with E-state index in [9.17, 15) is 4.79 Å². The summed E-state index contributed by atoms with van der Waals surface area (Å²) in [5.41, 5.74) is 3.95. The minimum Gasteiger partial charge on any atom is -0.462 e. The SMILES string of the molecule is CCOC(=O)c1c(NC(=S)Nc2cccc(CC)c2)sc2c1CCSC2. The van der Waals surface area contributed by atoms with Gasteiger partial charge in [0.2, 0.25) is 0 Å². The molecule has 1 aromatic carbocycles. The third kappa shape index (κ3) is 4.39. The lowest BCUT2D eigenvalue weighted by Crippen LogP contribution is -2.20. The molecule has 0 amide bonds. The molecule has 1 aliphatic heterocycles. The average molecular weight is 407 g/mol. The van der Waals surface area contributed by atoms with E-state index in [1.165, 1.54) is 10.4 Å². The van der Waals surface area contributed by atoms with Gasteiger partial charge in [0.1, 0.15) is 5.00 Å². The van der Waals surface area contributed by atoms with E-state index >= 15 is 0 Å². The first-order valence-electron chi connectivity index (χ1n) is 8.68. The predicted molar refractivity (Wildman–Crippen MR) is 116 cm³/mol. The van der Waals surface area contributed by atoms with Crippen molar-refractivity contribution in [3.63, 3.8) is 0 Å². The Morgan fingerprint density at radius 3 is 2.92 bits per heavy atom. The van der Waals surface area contributed by atoms with Crippen molar-refractivity contribution in [2.45, 2.75) is 32.4 Å². The zero-order chi connectivity index (χ0) is 18.5. The number of hydrogen-bond donors (Lipinski definition) is 2. The Morgan fingerprint density at radius 1 is 1.31 bits per heavy atom. The Kier molecular flexibility index (Phi) is 6.56. The number of ether oxygens (including phenoxy) is 1. The standard InChI is InChI=1S/C19H22N2O2S3/c1-3-12-6-5-7-13(10-12)20-19(24)21-17-16(18(22)23-4-2)14-8-9-25-11-15(14)26-17/h5-7,10H,3-4,8-9,11H2,1-2H3,(H2,20,21,24). The molecule has 0 aliphatic carbocycles.